The molecule has 118 valence electrons. The number of benzene rings is 1. The molecule has 1 aromatic carbocycles. The summed E-state index contributed by atoms with van der Waals surface area (Å²) in [5, 5.41) is 1.91. The molecule has 7 nitrogen and oxygen atoms in total. The third kappa shape index (κ3) is 3.08. The molecule has 1 aliphatic heterocycles. The number of alkyl halides is 2. The predicted molar refractivity (Wildman–Crippen MR) is 86.0 cm³/mol. The number of carbonyl (C=O) groups excluding carboxylic acids is 1. The first kappa shape index (κ1) is 16.7. The van der Waals surface area contributed by atoms with Crippen molar-refractivity contribution in [3.05, 3.63) is 35.9 Å². The van der Waals surface area contributed by atoms with E-state index in [2.05, 4.69) is 15.3 Å². The SMILES string of the molecule is CS(=O)(=O)C1=N[C@@](NC(=O)c2ccccc2)(C(Cl)Cl)C(N)=N1. The zero-order valence-electron chi connectivity index (χ0n) is 11.3. The van der Waals surface area contributed by atoms with Gasteiger partial charge >= 0.3 is 0 Å². The van der Waals surface area contributed by atoms with E-state index in [0.29, 0.717) is 5.56 Å². The summed E-state index contributed by atoms with van der Waals surface area (Å²) in [4.78, 5) is 18.4. The van der Waals surface area contributed by atoms with E-state index in [1.165, 1.54) is 0 Å². The number of nitrogens with one attached hydrogen (secondary N) is 1. The molecular formula is C12H12Cl2N4O3S. The summed E-state index contributed by atoms with van der Waals surface area (Å²) >= 11 is 11.7. The summed E-state index contributed by atoms with van der Waals surface area (Å²) in [7, 11) is -3.73. The van der Waals surface area contributed by atoms with Crippen molar-refractivity contribution in [1.29, 1.82) is 0 Å². The fourth-order valence-electron chi connectivity index (χ4n) is 1.73. The Morgan fingerprint density at radius 2 is 1.91 bits per heavy atom. The number of nitrogens with two attached hydrogens (primary N) is 1. The summed E-state index contributed by atoms with van der Waals surface area (Å²) in [6.07, 6.45) is 0.912. The second-order valence-corrected chi connectivity index (χ2v) is 7.56. The maximum atomic E-state index is 12.3. The highest BCUT2D eigenvalue weighted by Crippen LogP contribution is 2.28. The standard InChI is InChI=1S/C12H12Cl2N4O3S/c1-22(20,21)11-16-10(15)12(18-11,9(13)14)17-8(19)7-5-3-2-4-6-7/h2-6,9H,1H3,(H,17,19)(H2,15,16,18)/t12-/m0/s1. The fraction of sp³-hybridized carbons (Fsp3) is 0.250. The molecule has 1 atom stereocenters. The number of halogens is 2. The summed E-state index contributed by atoms with van der Waals surface area (Å²) in [5.74, 6) is -0.865. The molecule has 22 heavy (non-hydrogen) atoms. The monoisotopic (exact) mass is 362 g/mol. The van der Waals surface area contributed by atoms with Crippen molar-refractivity contribution < 1.29 is 13.2 Å². The molecule has 0 saturated carbocycles. The van der Waals surface area contributed by atoms with Gasteiger partial charge in [0.15, 0.2) is 10.7 Å². The Kier molecular flexibility index (Phi) is 4.46. The molecule has 1 aromatic rings. The van der Waals surface area contributed by atoms with Gasteiger partial charge in [0.1, 0.15) is 0 Å². The molecule has 0 radical (unpaired) electrons. The van der Waals surface area contributed by atoms with E-state index < -0.39 is 31.4 Å². The largest absolute Gasteiger partial charge is 0.383 e. The van der Waals surface area contributed by atoms with Gasteiger partial charge in [-0.1, -0.05) is 41.4 Å². The van der Waals surface area contributed by atoms with Crippen molar-refractivity contribution in [2.24, 2.45) is 15.7 Å². The molecule has 0 unspecified atom stereocenters. The summed E-state index contributed by atoms with van der Waals surface area (Å²) in [6, 6.07) is 8.19. The Labute approximate surface area is 137 Å². The lowest BCUT2D eigenvalue weighted by Crippen LogP contribution is -2.59. The second kappa shape index (κ2) is 5.86. The zero-order chi connectivity index (χ0) is 16.5. The molecular weight excluding hydrogens is 351 g/mol. The Hall–Kier alpha value is -1.64. The number of amides is 1. The third-order valence-electron chi connectivity index (χ3n) is 2.87. The van der Waals surface area contributed by atoms with Crippen LogP contribution in [0.15, 0.2) is 40.3 Å². The minimum absolute atomic E-state index is 0.299. The molecule has 0 aromatic heterocycles. The molecule has 3 N–H and O–H groups in total. The Bertz CT molecular complexity index is 762. The first-order valence-electron chi connectivity index (χ1n) is 5.97. The summed E-state index contributed by atoms with van der Waals surface area (Å²) in [5.41, 5.74) is 4.20. The fourth-order valence-corrected chi connectivity index (χ4v) is 2.73. The minimum Gasteiger partial charge on any atom is -0.383 e. The van der Waals surface area contributed by atoms with Crippen LogP contribution in [0.3, 0.4) is 0 Å². The van der Waals surface area contributed by atoms with Crippen LogP contribution >= 0.6 is 23.2 Å². The Morgan fingerprint density at radius 1 is 1.32 bits per heavy atom. The van der Waals surface area contributed by atoms with Gasteiger partial charge in [-0.25, -0.2) is 18.4 Å². The zero-order valence-corrected chi connectivity index (χ0v) is 13.7. The molecule has 2 rings (SSSR count). The smallest absolute Gasteiger partial charge is 0.253 e. The van der Waals surface area contributed by atoms with Gasteiger partial charge in [-0.15, -0.1) is 0 Å². The van der Waals surface area contributed by atoms with E-state index in [9.17, 15) is 13.2 Å². The number of aliphatic imine (C=N–C) groups is 2. The minimum atomic E-state index is -3.73. The highest BCUT2D eigenvalue weighted by atomic mass is 35.5. The Morgan fingerprint density at radius 3 is 2.36 bits per heavy atom. The van der Waals surface area contributed by atoms with Gasteiger partial charge in [-0.2, -0.15) is 0 Å². The van der Waals surface area contributed by atoms with Gasteiger partial charge in [0.05, 0.1) is 0 Å². The van der Waals surface area contributed by atoms with Crippen molar-refractivity contribution in [3.8, 4) is 0 Å². The van der Waals surface area contributed by atoms with E-state index >= 15 is 0 Å². The van der Waals surface area contributed by atoms with E-state index in [-0.39, 0.29) is 5.84 Å². The summed E-state index contributed by atoms with van der Waals surface area (Å²) < 4.78 is 23.1. The van der Waals surface area contributed by atoms with Crippen molar-refractivity contribution in [2.75, 3.05) is 6.26 Å². The van der Waals surface area contributed by atoms with Gasteiger partial charge in [-0.05, 0) is 12.1 Å². The molecule has 0 spiro atoms. The lowest BCUT2D eigenvalue weighted by Gasteiger charge is -2.28. The molecule has 1 heterocycles. The predicted octanol–water partition coefficient (Wildman–Crippen LogP) is 0.688. The molecule has 1 aliphatic rings. The molecule has 0 bridgehead atoms. The number of hydrogen-bond acceptors (Lipinski definition) is 6. The van der Waals surface area contributed by atoms with E-state index in [0.717, 1.165) is 6.26 Å². The van der Waals surface area contributed by atoms with E-state index in [4.69, 9.17) is 28.9 Å². The van der Waals surface area contributed by atoms with Crippen LogP contribution in [-0.4, -0.2) is 42.1 Å². The first-order valence-corrected chi connectivity index (χ1v) is 8.73. The Balaban J connectivity index is 2.42. The molecule has 0 saturated heterocycles. The molecule has 10 heteroatoms. The number of hydrogen-bond donors (Lipinski definition) is 2. The topological polar surface area (TPSA) is 114 Å². The average Bonchev–Trinajstić information content (AvgIpc) is 2.78. The van der Waals surface area contributed by atoms with Crippen LogP contribution in [0.25, 0.3) is 0 Å². The van der Waals surface area contributed by atoms with Gasteiger partial charge in [-0.3, -0.25) is 4.79 Å². The van der Waals surface area contributed by atoms with Gasteiger partial charge < -0.3 is 11.1 Å². The lowest BCUT2D eigenvalue weighted by molar-refractivity contribution is 0.0928. The second-order valence-electron chi connectivity index (χ2n) is 4.55. The third-order valence-corrected chi connectivity index (χ3v) is 4.34. The van der Waals surface area contributed by atoms with E-state index in [1.54, 1.807) is 30.3 Å². The summed E-state index contributed by atoms with van der Waals surface area (Å²) in [6.45, 7) is 0. The van der Waals surface area contributed by atoms with Crippen LogP contribution in [0.4, 0.5) is 0 Å². The van der Waals surface area contributed by atoms with Crippen LogP contribution in [0, 0.1) is 0 Å². The normalized spacial score (nSPS) is 21.5. The maximum Gasteiger partial charge on any atom is 0.253 e. The number of sulfone groups is 1. The number of rotatable bonds is 3. The van der Waals surface area contributed by atoms with Crippen LogP contribution in [0.5, 0.6) is 0 Å². The quantitative estimate of drug-likeness (QED) is 0.769. The average molecular weight is 363 g/mol. The van der Waals surface area contributed by atoms with E-state index in [1.807, 2.05) is 0 Å². The first-order chi connectivity index (χ1) is 10.2. The molecule has 0 aliphatic carbocycles. The number of carbonyl (C=O) groups is 1. The highest BCUT2D eigenvalue weighted by molar-refractivity contribution is 8.05. The maximum absolute atomic E-state index is 12.3. The van der Waals surface area contributed by atoms with Crippen LogP contribution < -0.4 is 11.1 Å². The molecule has 1 amide bonds. The van der Waals surface area contributed by atoms with Gasteiger partial charge in [0.25, 0.3) is 5.91 Å². The van der Waals surface area contributed by atoms with Crippen LogP contribution in [0.2, 0.25) is 0 Å². The van der Waals surface area contributed by atoms with Gasteiger partial charge in [0.2, 0.25) is 20.7 Å². The lowest BCUT2D eigenvalue weighted by atomic mass is 10.1. The molecule has 0 fully saturated rings. The highest BCUT2D eigenvalue weighted by Gasteiger charge is 2.48. The van der Waals surface area contributed by atoms with Crippen molar-refractivity contribution in [2.45, 2.75) is 10.5 Å². The number of amidine groups is 2. The number of nitrogens with zero attached hydrogens (tertiary/aromatic N) is 2. The van der Waals surface area contributed by atoms with Crippen molar-refractivity contribution in [1.82, 2.24) is 5.32 Å². The van der Waals surface area contributed by atoms with Gasteiger partial charge in [0, 0.05) is 11.8 Å². The van der Waals surface area contributed by atoms with Crippen LogP contribution in [0.1, 0.15) is 10.4 Å². The van der Waals surface area contributed by atoms with Crippen LogP contribution in [-0.2, 0) is 9.84 Å². The van der Waals surface area contributed by atoms with Crippen molar-refractivity contribution in [3.63, 3.8) is 0 Å². The van der Waals surface area contributed by atoms with Crippen molar-refractivity contribution >= 4 is 49.9 Å².